The van der Waals surface area contributed by atoms with E-state index in [1.54, 1.807) is 0 Å². The van der Waals surface area contributed by atoms with Crippen LogP contribution in [0.4, 0.5) is 26.3 Å². The minimum atomic E-state index is -5.17. The van der Waals surface area contributed by atoms with Gasteiger partial charge in [-0.1, -0.05) is 22.6 Å². The smallest absolute Gasteiger partial charge is 0.246 e. The quantitative estimate of drug-likeness (QED) is 0.427. The number of rotatable bonds is 3. The Kier molecular flexibility index (Phi) is 4.64. The second kappa shape index (κ2) is 4.52. The van der Waals surface area contributed by atoms with Gasteiger partial charge in [-0.3, -0.25) is 0 Å². The third kappa shape index (κ3) is 3.36. The van der Waals surface area contributed by atoms with Gasteiger partial charge in [0.1, 0.15) is 12.1 Å². The van der Waals surface area contributed by atoms with Crippen molar-refractivity contribution < 1.29 is 26.3 Å². The van der Waals surface area contributed by atoms with Crippen LogP contribution in [0.3, 0.4) is 0 Å². The zero-order chi connectivity index (χ0) is 9.94. The normalized spacial score (nSPS) is 18.0. The molecule has 0 bridgehead atoms. The lowest BCUT2D eigenvalue weighted by Crippen LogP contribution is -2.38. The van der Waals surface area contributed by atoms with Crippen LogP contribution in [0.5, 0.6) is 0 Å². The van der Waals surface area contributed by atoms with E-state index < -0.39 is 29.1 Å². The molecule has 0 aliphatic rings. The average Bonchev–Trinajstić information content (AvgIpc) is 1.83. The summed E-state index contributed by atoms with van der Waals surface area (Å²) < 4.78 is 70.1. The summed E-state index contributed by atoms with van der Waals surface area (Å²) in [5.41, 5.74) is 0. The highest BCUT2D eigenvalue weighted by atomic mass is 127. The van der Waals surface area contributed by atoms with Gasteiger partial charge in [-0.05, 0) is 0 Å². The van der Waals surface area contributed by atoms with Gasteiger partial charge < -0.3 is 0 Å². The maximum Gasteiger partial charge on any atom is 0.400 e. The van der Waals surface area contributed by atoms with Gasteiger partial charge >= 0.3 is 6.18 Å². The molecular weight excluding hydrogens is 301 g/mol. The van der Waals surface area contributed by atoms with Crippen molar-refractivity contribution in [2.24, 2.45) is 5.92 Å². The van der Waals surface area contributed by atoms with E-state index in [-0.39, 0.29) is 0 Å². The topological polar surface area (TPSA) is 0 Å². The molecule has 0 rings (SSSR count). The van der Waals surface area contributed by atoms with Crippen molar-refractivity contribution in [1.82, 2.24) is 0 Å². The summed E-state index contributed by atoms with van der Waals surface area (Å²) in [6, 6.07) is 0. The molecule has 0 spiro atoms. The fraction of sp³-hybridized carbons (Fsp3) is 1.00. The van der Waals surface area contributed by atoms with Crippen molar-refractivity contribution in [3.63, 3.8) is 0 Å². The zero-order valence-electron chi connectivity index (χ0n) is 5.58. The molecule has 7 heteroatoms. The number of hydrogen-bond acceptors (Lipinski definition) is 0. The predicted molar refractivity (Wildman–Crippen MR) is 39.3 cm³/mol. The van der Waals surface area contributed by atoms with Gasteiger partial charge in [0.15, 0.2) is 0 Å². The first kappa shape index (κ1) is 12.3. The Morgan fingerprint density at radius 1 is 1.08 bits per heavy atom. The van der Waals surface area contributed by atoms with Crippen molar-refractivity contribution >= 4 is 22.6 Å². The Bertz CT molecular complexity index is 132. The molecule has 0 N–H and O–H groups in total. The van der Waals surface area contributed by atoms with Crippen LogP contribution in [-0.2, 0) is 0 Å². The summed E-state index contributed by atoms with van der Waals surface area (Å²) in [7, 11) is 0. The lowest BCUT2D eigenvalue weighted by molar-refractivity contribution is -0.221. The molecule has 2 unspecified atom stereocenters. The molecule has 0 nitrogen and oxygen atoms in total. The first-order valence-electron chi connectivity index (χ1n) is 2.85. The maximum atomic E-state index is 12.3. The van der Waals surface area contributed by atoms with E-state index in [2.05, 4.69) is 0 Å². The van der Waals surface area contributed by atoms with Crippen LogP contribution < -0.4 is 0 Å². The largest absolute Gasteiger partial charge is 0.400 e. The molecule has 0 heterocycles. The lowest BCUT2D eigenvalue weighted by Gasteiger charge is -2.21. The molecule has 0 aromatic rings. The molecule has 0 saturated carbocycles. The highest BCUT2D eigenvalue weighted by Gasteiger charge is 2.50. The summed E-state index contributed by atoms with van der Waals surface area (Å²) in [4.78, 5) is 0. The number of halogens is 7. The molecule has 74 valence electrons. The van der Waals surface area contributed by atoms with Gasteiger partial charge in [-0.15, -0.1) is 0 Å². The van der Waals surface area contributed by atoms with Gasteiger partial charge in [0, 0.05) is 4.43 Å². The lowest BCUT2D eigenvalue weighted by atomic mass is 10.1. The van der Waals surface area contributed by atoms with Crippen LogP contribution in [-0.4, -0.2) is 23.2 Å². The van der Waals surface area contributed by atoms with Crippen LogP contribution in [0.1, 0.15) is 0 Å². The van der Waals surface area contributed by atoms with Crippen LogP contribution in [0.15, 0.2) is 0 Å². The van der Waals surface area contributed by atoms with Gasteiger partial charge in [0.25, 0.3) is 6.43 Å². The highest BCUT2D eigenvalue weighted by Crippen LogP contribution is 2.35. The minimum Gasteiger partial charge on any atom is -0.246 e. The zero-order valence-corrected chi connectivity index (χ0v) is 7.74. The third-order valence-electron chi connectivity index (χ3n) is 1.19. The molecule has 2 atom stereocenters. The molecule has 12 heavy (non-hydrogen) atoms. The summed E-state index contributed by atoms with van der Waals surface area (Å²) in [5, 5.41) is 0. The molecule has 0 aliphatic carbocycles. The Labute approximate surface area is 78.5 Å². The van der Waals surface area contributed by atoms with Gasteiger partial charge in [0.05, 0.1) is 0 Å². The van der Waals surface area contributed by atoms with Crippen LogP contribution in [0.25, 0.3) is 0 Å². The van der Waals surface area contributed by atoms with E-state index >= 15 is 0 Å². The fourth-order valence-electron chi connectivity index (χ4n) is 0.602. The standard InChI is InChI=1S/C5H5F6I/c6-2(1-12)3(4(7)8)5(9,10)11/h2-4H,1H2. The fourth-order valence-corrected chi connectivity index (χ4v) is 1.15. The van der Waals surface area contributed by atoms with Gasteiger partial charge in [0.2, 0.25) is 0 Å². The van der Waals surface area contributed by atoms with Gasteiger partial charge in [-0.25, -0.2) is 13.2 Å². The molecule has 0 aromatic heterocycles. The summed E-state index contributed by atoms with van der Waals surface area (Å²) >= 11 is 1.29. The van der Waals surface area contributed by atoms with E-state index in [1.165, 1.54) is 22.6 Å². The summed E-state index contributed by atoms with van der Waals surface area (Å²) in [6.45, 7) is 0. The average molecular weight is 306 g/mol. The van der Waals surface area contributed by atoms with E-state index in [0.29, 0.717) is 0 Å². The first-order valence-corrected chi connectivity index (χ1v) is 4.38. The van der Waals surface area contributed by atoms with Crippen molar-refractivity contribution in [1.29, 1.82) is 0 Å². The molecule has 0 aromatic carbocycles. The van der Waals surface area contributed by atoms with Crippen molar-refractivity contribution in [3.8, 4) is 0 Å². The second-order valence-corrected chi connectivity index (χ2v) is 2.95. The summed E-state index contributed by atoms with van der Waals surface area (Å²) in [5.74, 6) is -3.16. The first-order chi connectivity index (χ1) is 5.30. The van der Waals surface area contributed by atoms with Crippen molar-refractivity contribution in [2.75, 3.05) is 4.43 Å². The molecule has 0 aliphatic heterocycles. The molecule has 0 amide bonds. The molecule has 0 saturated heterocycles. The van der Waals surface area contributed by atoms with E-state index in [9.17, 15) is 26.3 Å². The molecule has 0 fully saturated rings. The Hall–Kier alpha value is 0.310. The van der Waals surface area contributed by atoms with E-state index in [1.807, 2.05) is 0 Å². The van der Waals surface area contributed by atoms with Crippen LogP contribution in [0, 0.1) is 5.92 Å². The van der Waals surface area contributed by atoms with Crippen molar-refractivity contribution in [2.45, 2.75) is 18.8 Å². The van der Waals surface area contributed by atoms with Crippen LogP contribution in [0.2, 0.25) is 0 Å². The Morgan fingerprint density at radius 3 is 1.58 bits per heavy atom. The SMILES string of the molecule is FC(F)C(C(F)CI)C(F)(F)F. The highest BCUT2D eigenvalue weighted by molar-refractivity contribution is 14.1. The Balaban J connectivity index is 4.44. The van der Waals surface area contributed by atoms with Crippen LogP contribution >= 0.6 is 22.6 Å². The Morgan fingerprint density at radius 2 is 1.50 bits per heavy atom. The van der Waals surface area contributed by atoms with Crippen molar-refractivity contribution in [3.05, 3.63) is 0 Å². The minimum absolute atomic E-state index is 0.591. The number of hydrogen-bond donors (Lipinski definition) is 0. The van der Waals surface area contributed by atoms with E-state index in [0.717, 1.165) is 0 Å². The monoisotopic (exact) mass is 306 g/mol. The molecular formula is C5H5F6I. The third-order valence-corrected chi connectivity index (χ3v) is 2.03. The second-order valence-electron chi connectivity index (χ2n) is 2.07. The van der Waals surface area contributed by atoms with E-state index in [4.69, 9.17) is 0 Å². The summed E-state index contributed by atoms with van der Waals surface area (Å²) in [6.07, 6.45) is -11.4. The predicted octanol–water partition coefficient (Wildman–Crippen LogP) is 3.20. The van der Waals surface area contributed by atoms with Gasteiger partial charge in [-0.2, -0.15) is 13.2 Å². The maximum absolute atomic E-state index is 12.3. The number of alkyl halides is 7. The molecule has 0 radical (unpaired) electrons.